The Kier molecular flexibility index (Phi) is 3.65. The molecule has 106 valence electrons. The molecule has 4 nitrogen and oxygen atoms in total. The molecular weight excluding hydrogens is 318 g/mol. The van der Waals surface area contributed by atoms with E-state index in [1.165, 1.54) is 12.8 Å². The van der Waals surface area contributed by atoms with Gasteiger partial charge < -0.3 is 9.73 Å². The second-order valence-corrected chi connectivity index (χ2v) is 6.68. The summed E-state index contributed by atoms with van der Waals surface area (Å²) in [5.41, 5.74) is 1.06. The summed E-state index contributed by atoms with van der Waals surface area (Å²) in [6.45, 7) is 5.08. The second kappa shape index (κ2) is 5.30. The van der Waals surface area contributed by atoms with Gasteiger partial charge in [-0.05, 0) is 60.7 Å². The molecule has 0 aliphatic heterocycles. The molecule has 5 heteroatoms. The van der Waals surface area contributed by atoms with Crippen LogP contribution in [-0.2, 0) is 6.54 Å². The largest absolute Gasteiger partial charge is 0.419 e. The number of rotatable bonds is 5. The van der Waals surface area contributed by atoms with Crippen LogP contribution >= 0.6 is 15.9 Å². The highest BCUT2D eigenvalue weighted by molar-refractivity contribution is 9.10. The van der Waals surface area contributed by atoms with Gasteiger partial charge in [-0.3, -0.25) is 0 Å². The maximum absolute atomic E-state index is 5.73. The first-order valence-corrected chi connectivity index (χ1v) is 7.68. The monoisotopic (exact) mass is 335 g/mol. The topological polar surface area (TPSA) is 51.0 Å². The van der Waals surface area contributed by atoms with Crippen LogP contribution in [0.2, 0.25) is 0 Å². The molecule has 0 amide bonds. The van der Waals surface area contributed by atoms with E-state index in [-0.39, 0.29) is 5.54 Å². The lowest BCUT2D eigenvalue weighted by atomic mass is 9.99. The van der Waals surface area contributed by atoms with E-state index in [1.807, 2.05) is 24.3 Å². The molecule has 1 aromatic carbocycles. The number of hydrogen-bond acceptors (Lipinski definition) is 4. The third-order valence-corrected chi connectivity index (χ3v) is 4.56. The van der Waals surface area contributed by atoms with Gasteiger partial charge in [0.1, 0.15) is 0 Å². The van der Waals surface area contributed by atoms with Gasteiger partial charge in [0.15, 0.2) is 0 Å². The van der Waals surface area contributed by atoms with Crippen molar-refractivity contribution >= 4 is 15.9 Å². The molecule has 1 fully saturated rings. The van der Waals surface area contributed by atoms with Crippen molar-refractivity contribution in [3.8, 4) is 11.5 Å². The van der Waals surface area contributed by atoms with Crippen LogP contribution in [0.5, 0.6) is 0 Å². The van der Waals surface area contributed by atoms with Crippen LogP contribution < -0.4 is 5.32 Å². The molecule has 1 aliphatic carbocycles. The minimum absolute atomic E-state index is 0.141. The Morgan fingerprint density at radius 2 is 2.05 bits per heavy atom. The number of nitrogens with zero attached hydrogens (tertiary/aromatic N) is 2. The van der Waals surface area contributed by atoms with Crippen LogP contribution in [0.15, 0.2) is 33.2 Å². The Morgan fingerprint density at radius 1 is 1.30 bits per heavy atom. The highest BCUT2D eigenvalue weighted by Crippen LogP contribution is 2.39. The fourth-order valence-corrected chi connectivity index (χ4v) is 2.78. The van der Waals surface area contributed by atoms with E-state index >= 15 is 0 Å². The summed E-state index contributed by atoms with van der Waals surface area (Å²) >= 11 is 3.50. The first kappa shape index (κ1) is 13.8. The van der Waals surface area contributed by atoms with Gasteiger partial charge in [-0.15, -0.1) is 10.2 Å². The molecule has 0 spiro atoms. The van der Waals surface area contributed by atoms with E-state index in [9.17, 15) is 0 Å². The molecule has 0 bridgehead atoms. The van der Waals surface area contributed by atoms with Crippen molar-refractivity contribution < 1.29 is 4.42 Å². The lowest BCUT2D eigenvalue weighted by Crippen LogP contribution is -2.40. The molecule has 0 atom stereocenters. The van der Waals surface area contributed by atoms with Crippen LogP contribution in [0.1, 0.15) is 32.6 Å². The first-order chi connectivity index (χ1) is 9.56. The van der Waals surface area contributed by atoms with E-state index in [0.717, 1.165) is 16.0 Å². The Hall–Kier alpha value is -1.20. The van der Waals surface area contributed by atoms with E-state index in [0.29, 0.717) is 18.3 Å². The van der Waals surface area contributed by atoms with Gasteiger partial charge >= 0.3 is 0 Å². The lowest BCUT2D eigenvalue weighted by molar-refractivity contribution is 0.320. The van der Waals surface area contributed by atoms with Gasteiger partial charge in [0.2, 0.25) is 11.8 Å². The molecule has 1 aliphatic rings. The van der Waals surface area contributed by atoms with Gasteiger partial charge in [0.05, 0.1) is 12.1 Å². The molecule has 0 radical (unpaired) electrons. The maximum Gasteiger partial charge on any atom is 0.248 e. The molecule has 2 aromatic rings. The van der Waals surface area contributed by atoms with Crippen molar-refractivity contribution in [3.63, 3.8) is 0 Å². The third-order valence-electron chi connectivity index (χ3n) is 3.86. The zero-order valence-electron chi connectivity index (χ0n) is 11.7. The summed E-state index contributed by atoms with van der Waals surface area (Å²) in [5.74, 6) is 1.95. The Bertz CT molecular complexity index is 605. The molecule has 1 saturated carbocycles. The normalized spacial score (nSPS) is 15.6. The predicted octanol–water partition coefficient (Wildman–Crippen LogP) is 3.78. The zero-order chi connectivity index (χ0) is 14.2. The Balaban J connectivity index is 1.69. The third kappa shape index (κ3) is 2.94. The fourth-order valence-electron chi connectivity index (χ4n) is 2.32. The minimum atomic E-state index is 0.141. The number of halogens is 1. The predicted molar refractivity (Wildman–Crippen MR) is 81.1 cm³/mol. The van der Waals surface area contributed by atoms with Crippen molar-refractivity contribution in [2.45, 2.75) is 38.8 Å². The number of nitrogens with one attached hydrogen (secondary N) is 1. The van der Waals surface area contributed by atoms with Crippen molar-refractivity contribution in [1.29, 1.82) is 0 Å². The summed E-state index contributed by atoms with van der Waals surface area (Å²) in [7, 11) is 0. The Morgan fingerprint density at radius 3 is 2.75 bits per heavy atom. The van der Waals surface area contributed by atoms with E-state index in [1.54, 1.807) is 0 Å². The van der Waals surface area contributed by atoms with E-state index in [4.69, 9.17) is 4.42 Å². The SMILES string of the molecule is CC(C)(NCc1nnc(-c2ccccc2Br)o1)C1CC1. The van der Waals surface area contributed by atoms with E-state index < -0.39 is 0 Å². The van der Waals surface area contributed by atoms with Gasteiger partial charge in [0.25, 0.3) is 0 Å². The van der Waals surface area contributed by atoms with Crippen molar-refractivity contribution in [2.24, 2.45) is 5.92 Å². The molecular formula is C15H18BrN3O. The zero-order valence-corrected chi connectivity index (χ0v) is 13.3. The summed E-state index contributed by atoms with van der Waals surface area (Å²) < 4.78 is 6.69. The molecule has 1 heterocycles. The second-order valence-electron chi connectivity index (χ2n) is 5.83. The van der Waals surface area contributed by atoms with Gasteiger partial charge in [-0.1, -0.05) is 12.1 Å². The highest BCUT2D eigenvalue weighted by atomic mass is 79.9. The van der Waals surface area contributed by atoms with Crippen molar-refractivity contribution in [2.75, 3.05) is 0 Å². The fraction of sp³-hybridized carbons (Fsp3) is 0.467. The molecule has 0 saturated heterocycles. The highest BCUT2D eigenvalue weighted by Gasteiger charge is 2.37. The van der Waals surface area contributed by atoms with Crippen LogP contribution in [-0.4, -0.2) is 15.7 Å². The number of hydrogen-bond donors (Lipinski definition) is 1. The molecule has 1 N–H and O–H groups in total. The van der Waals surface area contributed by atoms with Crippen LogP contribution in [0, 0.1) is 5.92 Å². The van der Waals surface area contributed by atoms with Gasteiger partial charge in [-0.25, -0.2) is 0 Å². The van der Waals surface area contributed by atoms with Crippen LogP contribution in [0.4, 0.5) is 0 Å². The number of benzene rings is 1. The maximum atomic E-state index is 5.73. The molecule has 3 rings (SSSR count). The molecule has 1 aromatic heterocycles. The average Bonchev–Trinajstić information content (AvgIpc) is 3.18. The lowest BCUT2D eigenvalue weighted by Gasteiger charge is -2.25. The van der Waals surface area contributed by atoms with E-state index in [2.05, 4.69) is 45.3 Å². The summed E-state index contributed by atoms with van der Waals surface area (Å²) in [6.07, 6.45) is 2.62. The van der Waals surface area contributed by atoms with Crippen molar-refractivity contribution in [3.05, 3.63) is 34.6 Å². The summed E-state index contributed by atoms with van der Waals surface area (Å²) in [5, 5.41) is 11.7. The van der Waals surface area contributed by atoms with Gasteiger partial charge in [0, 0.05) is 10.0 Å². The standard InChI is InChI=1S/C15H18BrN3O/c1-15(2,10-7-8-10)17-9-13-18-19-14(20-13)11-5-3-4-6-12(11)16/h3-6,10,17H,7-9H2,1-2H3. The first-order valence-electron chi connectivity index (χ1n) is 6.88. The molecule has 0 unspecified atom stereocenters. The average molecular weight is 336 g/mol. The van der Waals surface area contributed by atoms with Crippen LogP contribution in [0.3, 0.4) is 0 Å². The smallest absolute Gasteiger partial charge is 0.248 e. The Labute approximate surface area is 127 Å². The summed E-state index contributed by atoms with van der Waals surface area (Å²) in [6, 6.07) is 7.85. The number of aromatic nitrogens is 2. The van der Waals surface area contributed by atoms with Crippen LogP contribution in [0.25, 0.3) is 11.5 Å². The van der Waals surface area contributed by atoms with Gasteiger partial charge in [-0.2, -0.15) is 0 Å². The minimum Gasteiger partial charge on any atom is -0.419 e. The summed E-state index contributed by atoms with van der Waals surface area (Å²) in [4.78, 5) is 0. The van der Waals surface area contributed by atoms with Crippen molar-refractivity contribution in [1.82, 2.24) is 15.5 Å². The molecule has 20 heavy (non-hydrogen) atoms. The quantitative estimate of drug-likeness (QED) is 0.903.